The molecule has 0 aliphatic heterocycles. The predicted molar refractivity (Wildman–Crippen MR) is 101 cm³/mol. The summed E-state index contributed by atoms with van der Waals surface area (Å²) in [6.07, 6.45) is 1.79. The second-order valence-electron chi connectivity index (χ2n) is 5.80. The molecule has 1 N–H and O–H groups in total. The van der Waals surface area contributed by atoms with Gasteiger partial charge in [0.15, 0.2) is 0 Å². The zero-order valence-electron chi connectivity index (χ0n) is 14.6. The third-order valence-electron chi connectivity index (χ3n) is 3.81. The van der Waals surface area contributed by atoms with Gasteiger partial charge < -0.3 is 5.32 Å². The van der Waals surface area contributed by atoms with Crippen molar-refractivity contribution < 1.29 is 13.2 Å². The highest BCUT2D eigenvalue weighted by molar-refractivity contribution is 7.92. The van der Waals surface area contributed by atoms with Crippen LogP contribution in [0.25, 0.3) is 0 Å². The van der Waals surface area contributed by atoms with E-state index in [1.54, 1.807) is 24.3 Å². The number of para-hydroxylation sites is 1. The fourth-order valence-corrected chi connectivity index (χ4v) is 3.47. The highest BCUT2D eigenvalue weighted by Crippen LogP contribution is 2.22. The largest absolute Gasteiger partial charge is 0.356 e. The number of nitrogens with one attached hydrogen (secondary N) is 1. The van der Waals surface area contributed by atoms with Crippen molar-refractivity contribution in [2.24, 2.45) is 0 Å². The Hall–Kier alpha value is -2.85. The smallest absolute Gasteiger partial charge is 0.232 e. The third kappa shape index (κ3) is 5.60. The van der Waals surface area contributed by atoms with Gasteiger partial charge in [0, 0.05) is 19.5 Å². The first-order valence-electron chi connectivity index (χ1n) is 8.19. The quantitative estimate of drug-likeness (QED) is 0.769. The van der Waals surface area contributed by atoms with Crippen molar-refractivity contribution in [3.05, 3.63) is 65.7 Å². The molecule has 0 aliphatic rings. The van der Waals surface area contributed by atoms with Gasteiger partial charge in [0.25, 0.3) is 0 Å². The molecule has 0 unspecified atom stereocenters. The van der Waals surface area contributed by atoms with Gasteiger partial charge in [-0.15, -0.1) is 0 Å². The predicted octanol–water partition coefficient (Wildman–Crippen LogP) is 2.07. The highest BCUT2D eigenvalue weighted by Gasteiger charge is 2.21. The summed E-state index contributed by atoms with van der Waals surface area (Å²) in [5.74, 6) is -0.232. The maximum Gasteiger partial charge on any atom is 0.232 e. The Balaban J connectivity index is 1.95. The summed E-state index contributed by atoms with van der Waals surface area (Å²) in [4.78, 5) is 12.1. The topological polar surface area (TPSA) is 90.3 Å². The number of hydrogen-bond donors (Lipinski definition) is 1. The fourth-order valence-electron chi connectivity index (χ4n) is 2.53. The Kier molecular flexibility index (Phi) is 6.75. The molecule has 0 radical (unpaired) electrons. The van der Waals surface area contributed by atoms with Crippen LogP contribution in [-0.4, -0.2) is 33.7 Å². The van der Waals surface area contributed by atoms with Gasteiger partial charge >= 0.3 is 0 Å². The van der Waals surface area contributed by atoms with Crippen molar-refractivity contribution in [2.75, 3.05) is 23.7 Å². The van der Waals surface area contributed by atoms with Crippen molar-refractivity contribution in [3.63, 3.8) is 0 Å². The number of amides is 1. The molecule has 0 atom stereocenters. The van der Waals surface area contributed by atoms with E-state index in [0.717, 1.165) is 16.1 Å². The molecule has 2 aromatic carbocycles. The lowest BCUT2D eigenvalue weighted by molar-refractivity contribution is -0.120. The number of carbonyl (C=O) groups is 1. The van der Waals surface area contributed by atoms with E-state index < -0.39 is 10.0 Å². The number of sulfonamides is 1. The minimum Gasteiger partial charge on any atom is -0.356 e. The summed E-state index contributed by atoms with van der Waals surface area (Å²) in [5, 5.41) is 12.0. The van der Waals surface area contributed by atoms with Crippen LogP contribution in [-0.2, 0) is 21.2 Å². The SMILES string of the molecule is CS(=O)(=O)N(CCC(=O)NCCc1ccccc1)c1ccccc1C#N. The molecule has 0 bridgehead atoms. The number of benzene rings is 2. The zero-order valence-corrected chi connectivity index (χ0v) is 15.4. The second-order valence-corrected chi connectivity index (χ2v) is 7.71. The number of nitrogens with zero attached hydrogens (tertiary/aromatic N) is 2. The molecule has 0 aliphatic carbocycles. The summed E-state index contributed by atoms with van der Waals surface area (Å²) < 4.78 is 25.3. The maximum absolute atomic E-state index is 12.1. The monoisotopic (exact) mass is 371 g/mol. The van der Waals surface area contributed by atoms with E-state index in [1.165, 1.54) is 0 Å². The maximum atomic E-state index is 12.1. The molecular weight excluding hydrogens is 350 g/mol. The minimum atomic E-state index is -3.61. The van der Waals surface area contributed by atoms with Crippen LogP contribution >= 0.6 is 0 Å². The summed E-state index contributed by atoms with van der Waals surface area (Å²) in [6.45, 7) is 0.463. The first-order valence-corrected chi connectivity index (χ1v) is 10.0. The average Bonchev–Trinajstić information content (AvgIpc) is 2.62. The molecule has 0 heterocycles. The van der Waals surface area contributed by atoms with Crippen molar-refractivity contribution in [3.8, 4) is 6.07 Å². The van der Waals surface area contributed by atoms with Crippen LogP contribution in [0.4, 0.5) is 5.69 Å². The average molecular weight is 371 g/mol. The third-order valence-corrected chi connectivity index (χ3v) is 4.99. The van der Waals surface area contributed by atoms with E-state index in [2.05, 4.69) is 5.32 Å². The Morgan fingerprint density at radius 2 is 1.77 bits per heavy atom. The van der Waals surface area contributed by atoms with Gasteiger partial charge in [0.1, 0.15) is 6.07 Å². The van der Waals surface area contributed by atoms with Gasteiger partial charge in [0.2, 0.25) is 15.9 Å². The van der Waals surface area contributed by atoms with Crippen LogP contribution in [0.3, 0.4) is 0 Å². The van der Waals surface area contributed by atoms with Gasteiger partial charge in [-0.1, -0.05) is 42.5 Å². The lowest BCUT2D eigenvalue weighted by Gasteiger charge is -2.23. The first kappa shape index (κ1) is 19.5. The molecule has 6 nitrogen and oxygen atoms in total. The van der Waals surface area contributed by atoms with Crippen molar-refractivity contribution >= 4 is 21.6 Å². The fraction of sp³-hybridized carbons (Fsp3) is 0.263. The van der Waals surface area contributed by atoms with Crippen LogP contribution in [0.15, 0.2) is 54.6 Å². The molecule has 0 spiro atoms. The molecule has 26 heavy (non-hydrogen) atoms. The Labute approximate surface area is 154 Å². The van der Waals surface area contributed by atoms with Crippen molar-refractivity contribution in [1.29, 1.82) is 5.26 Å². The van der Waals surface area contributed by atoms with Gasteiger partial charge in [0.05, 0.1) is 17.5 Å². The van der Waals surface area contributed by atoms with Gasteiger partial charge in [-0.2, -0.15) is 5.26 Å². The Morgan fingerprint density at radius 1 is 1.12 bits per heavy atom. The lowest BCUT2D eigenvalue weighted by atomic mass is 10.1. The number of anilines is 1. The van der Waals surface area contributed by atoms with Gasteiger partial charge in [-0.05, 0) is 24.1 Å². The summed E-state index contributed by atoms with van der Waals surface area (Å²) in [7, 11) is -3.61. The van der Waals surface area contributed by atoms with E-state index in [9.17, 15) is 18.5 Å². The molecule has 2 aromatic rings. The van der Waals surface area contributed by atoms with Crippen LogP contribution in [0, 0.1) is 11.3 Å². The van der Waals surface area contributed by atoms with E-state index in [0.29, 0.717) is 13.0 Å². The number of nitriles is 1. The van der Waals surface area contributed by atoms with E-state index >= 15 is 0 Å². The Bertz CT molecular complexity index is 890. The molecule has 136 valence electrons. The first-order chi connectivity index (χ1) is 12.4. The van der Waals surface area contributed by atoms with E-state index in [1.807, 2.05) is 36.4 Å². The lowest BCUT2D eigenvalue weighted by Crippen LogP contribution is -2.35. The summed E-state index contributed by atoms with van der Waals surface area (Å²) in [6, 6.07) is 18.2. The Morgan fingerprint density at radius 3 is 2.42 bits per heavy atom. The molecule has 7 heteroatoms. The molecule has 0 saturated heterocycles. The van der Waals surface area contributed by atoms with Gasteiger partial charge in [-0.25, -0.2) is 8.42 Å². The van der Waals surface area contributed by atoms with Gasteiger partial charge in [-0.3, -0.25) is 9.10 Å². The summed E-state index contributed by atoms with van der Waals surface area (Å²) >= 11 is 0. The molecular formula is C19H21N3O3S. The van der Waals surface area contributed by atoms with E-state index in [-0.39, 0.29) is 30.1 Å². The molecule has 0 saturated carbocycles. The molecule has 1 amide bonds. The van der Waals surface area contributed by atoms with Crippen molar-refractivity contribution in [1.82, 2.24) is 5.32 Å². The van der Waals surface area contributed by atoms with Crippen LogP contribution < -0.4 is 9.62 Å². The van der Waals surface area contributed by atoms with Crippen LogP contribution in [0.2, 0.25) is 0 Å². The number of carbonyl (C=O) groups excluding carboxylic acids is 1. The molecule has 2 rings (SSSR count). The highest BCUT2D eigenvalue weighted by atomic mass is 32.2. The summed E-state index contributed by atoms with van der Waals surface area (Å²) in [5.41, 5.74) is 1.66. The van der Waals surface area contributed by atoms with Crippen molar-refractivity contribution in [2.45, 2.75) is 12.8 Å². The number of hydrogen-bond acceptors (Lipinski definition) is 4. The zero-order chi connectivity index (χ0) is 19.0. The van der Waals surface area contributed by atoms with Crippen LogP contribution in [0.1, 0.15) is 17.5 Å². The molecule has 0 fully saturated rings. The van der Waals surface area contributed by atoms with E-state index in [4.69, 9.17) is 0 Å². The van der Waals surface area contributed by atoms with Crippen LogP contribution in [0.5, 0.6) is 0 Å². The normalized spacial score (nSPS) is 10.8. The standard InChI is InChI=1S/C19H21N3O3S/c1-26(24,25)22(18-10-6-5-9-17(18)15-20)14-12-19(23)21-13-11-16-7-3-2-4-8-16/h2-10H,11-14H2,1H3,(H,21,23). The molecule has 0 aromatic heterocycles. The number of rotatable bonds is 8. The second kappa shape index (κ2) is 9.02. The minimum absolute atomic E-state index is 0.0155.